The van der Waals surface area contributed by atoms with E-state index in [1.807, 2.05) is 70.2 Å². The minimum Gasteiger partial charge on any atom is -0.493 e. The van der Waals surface area contributed by atoms with Crippen LogP contribution in [0.5, 0.6) is 11.5 Å². The largest absolute Gasteiger partial charge is 0.493 e. The maximum atomic E-state index is 15.3. The van der Waals surface area contributed by atoms with Gasteiger partial charge in [0, 0.05) is 11.5 Å². The highest BCUT2D eigenvalue weighted by Gasteiger charge is 2.45. The standard InChI is InChI=1S/C34H39FO6S/c1-6-39-34(36)29-17-28(29)23-7-9-24(10-8-23)41-31-14-12-27-26(11-13-30(35)33(27)31)32-21(3)15-25(16-22(32)4)40-18-20(2)19-42(5,37)38/h7-11,13,15-16,20,28-29,31H,6,12,14,17-19H2,1-5H3/p+1/t20-,28+,29-,31+/m0/s1. The topological polar surface area (TPSA) is 82.1 Å². The molecule has 0 heterocycles. The van der Waals surface area contributed by atoms with Crippen molar-refractivity contribution < 1.29 is 32.2 Å². The summed E-state index contributed by atoms with van der Waals surface area (Å²) in [4.78, 5) is 12.0. The highest BCUT2D eigenvalue weighted by atomic mass is 32.3. The fraction of sp³-hybridized carbons (Fsp3) is 0.441. The molecule has 2 aliphatic rings. The van der Waals surface area contributed by atoms with Crippen molar-refractivity contribution in [3.63, 3.8) is 0 Å². The third kappa shape index (κ3) is 6.70. The monoisotopic (exact) mass is 595 g/mol. The van der Waals surface area contributed by atoms with Crippen molar-refractivity contribution >= 4 is 16.2 Å². The highest BCUT2D eigenvalue weighted by Crippen LogP contribution is 2.49. The lowest BCUT2D eigenvalue weighted by Crippen LogP contribution is -2.22. The minimum atomic E-state index is -2.82. The second-order valence-electron chi connectivity index (χ2n) is 11.9. The van der Waals surface area contributed by atoms with Crippen molar-refractivity contribution in [2.24, 2.45) is 11.8 Å². The van der Waals surface area contributed by atoms with Crippen LogP contribution >= 0.6 is 0 Å². The molecule has 5 rings (SSSR count). The Balaban J connectivity index is 1.31. The van der Waals surface area contributed by atoms with Gasteiger partial charge in [0.05, 0.1) is 19.1 Å². The fourth-order valence-corrected chi connectivity index (χ4v) is 7.45. The number of aryl methyl sites for hydroxylation is 2. The number of hydrogen-bond donors (Lipinski definition) is 1. The van der Waals surface area contributed by atoms with E-state index < -0.39 is 10.2 Å². The molecule has 0 aliphatic heterocycles. The molecular formula is C34H40FO6S+. The van der Waals surface area contributed by atoms with Gasteiger partial charge in [-0.1, -0.05) is 29.3 Å². The lowest BCUT2D eigenvalue weighted by molar-refractivity contribution is -0.144. The Morgan fingerprint density at radius 1 is 1.10 bits per heavy atom. The molecular weight excluding hydrogens is 555 g/mol. The third-order valence-electron chi connectivity index (χ3n) is 8.15. The van der Waals surface area contributed by atoms with Gasteiger partial charge in [0.2, 0.25) is 10.2 Å². The number of fused-ring (bicyclic) bond motifs is 1. The Bertz CT molecular complexity index is 1490. The van der Waals surface area contributed by atoms with E-state index in [1.165, 1.54) is 12.3 Å². The number of ether oxygens (including phenoxy) is 3. The number of hydrogen-bond acceptors (Lipinski definition) is 5. The van der Waals surface area contributed by atoms with E-state index >= 15 is 4.39 Å². The zero-order chi connectivity index (χ0) is 30.2. The Labute approximate surface area is 248 Å². The molecule has 2 aliphatic carbocycles. The summed E-state index contributed by atoms with van der Waals surface area (Å²) in [5, 5.41) is 0. The van der Waals surface area contributed by atoms with Crippen molar-refractivity contribution in [2.75, 3.05) is 25.2 Å². The highest BCUT2D eigenvalue weighted by molar-refractivity contribution is 7.97. The van der Waals surface area contributed by atoms with Crippen LogP contribution in [0.1, 0.15) is 66.5 Å². The molecule has 3 aromatic carbocycles. The van der Waals surface area contributed by atoms with Crippen LogP contribution < -0.4 is 9.47 Å². The molecule has 0 radical (unpaired) electrons. The molecule has 0 amide bonds. The molecule has 0 bridgehead atoms. The van der Waals surface area contributed by atoms with Crippen LogP contribution in [0.4, 0.5) is 4.39 Å². The van der Waals surface area contributed by atoms with Crippen molar-refractivity contribution in [2.45, 2.75) is 59.0 Å². The number of esters is 1. The van der Waals surface area contributed by atoms with E-state index in [0.29, 0.717) is 43.1 Å². The van der Waals surface area contributed by atoms with Gasteiger partial charge < -0.3 is 14.2 Å². The average molecular weight is 596 g/mol. The predicted molar refractivity (Wildman–Crippen MR) is 163 cm³/mol. The number of halogens is 1. The molecule has 8 heteroatoms. The summed E-state index contributed by atoms with van der Waals surface area (Å²) in [5.41, 5.74) is 6.79. The van der Waals surface area contributed by atoms with Crippen LogP contribution in [0.15, 0.2) is 48.5 Å². The maximum Gasteiger partial charge on any atom is 0.309 e. The zero-order valence-electron chi connectivity index (χ0n) is 24.9. The van der Waals surface area contributed by atoms with Gasteiger partial charge >= 0.3 is 5.97 Å². The van der Waals surface area contributed by atoms with Gasteiger partial charge in [-0.2, -0.15) is 4.55 Å². The number of benzene rings is 3. The first-order valence-electron chi connectivity index (χ1n) is 14.6. The summed E-state index contributed by atoms with van der Waals surface area (Å²) in [6, 6.07) is 15.1. The van der Waals surface area contributed by atoms with E-state index in [1.54, 1.807) is 0 Å². The normalized spacial score (nSPS) is 21.3. The van der Waals surface area contributed by atoms with E-state index in [-0.39, 0.29) is 41.4 Å². The Morgan fingerprint density at radius 2 is 1.79 bits per heavy atom. The van der Waals surface area contributed by atoms with Crippen LogP contribution in [-0.4, -0.2) is 35.7 Å². The lowest BCUT2D eigenvalue weighted by Gasteiger charge is -2.19. The molecule has 5 atom stereocenters. The SMILES string of the molecule is CCOC(=O)[C@H]1C[C@@H]1c1ccc(O[C@@H]2CCc3c(-c4c(C)cc(OC[C@H](C)C[S+](C)(=O)O)cc4C)ccc(F)c32)cc1. The lowest BCUT2D eigenvalue weighted by atomic mass is 9.90. The van der Waals surface area contributed by atoms with Crippen molar-refractivity contribution in [3.05, 3.63) is 82.2 Å². The third-order valence-corrected chi connectivity index (χ3v) is 9.34. The summed E-state index contributed by atoms with van der Waals surface area (Å²) in [6.07, 6.45) is 3.16. The summed E-state index contributed by atoms with van der Waals surface area (Å²) in [7, 11) is -2.82. The van der Waals surface area contributed by atoms with Crippen LogP contribution in [0, 0.1) is 31.5 Å². The van der Waals surface area contributed by atoms with Crippen molar-refractivity contribution in [1.29, 1.82) is 0 Å². The average Bonchev–Trinajstić information content (AvgIpc) is 3.61. The summed E-state index contributed by atoms with van der Waals surface area (Å²) < 4.78 is 54.1. The molecule has 1 fully saturated rings. The van der Waals surface area contributed by atoms with Crippen molar-refractivity contribution in [1.82, 2.24) is 0 Å². The summed E-state index contributed by atoms with van der Waals surface area (Å²) >= 11 is 0. The first-order valence-corrected chi connectivity index (χ1v) is 16.7. The second-order valence-corrected chi connectivity index (χ2v) is 14.1. The molecule has 1 saturated carbocycles. The van der Waals surface area contributed by atoms with Crippen molar-refractivity contribution in [3.8, 4) is 22.6 Å². The molecule has 1 unspecified atom stereocenters. The van der Waals surface area contributed by atoms with E-state index in [2.05, 4.69) is 0 Å². The van der Waals surface area contributed by atoms with Gasteiger partial charge in [0.25, 0.3) is 0 Å². The van der Waals surface area contributed by atoms with E-state index in [4.69, 9.17) is 14.2 Å². The molecule has 6 nitrogen and oxygen atoms in total. The molecule has 0 saturated heterocycles. The van der Waals surface area contributed by atoms with Gasteiger partial charge in [-0.15, -0.1) is 0 Å². The number of carbonyl (C=O) groups is 1. The molecule has 224 valence electrons. The zero-order valence-corrected chi connectivity index (χ0v) is 25.8. The summed E-state index contributed by atoms with van der Waals surface area (Å²) in [6.45, 7) is 8.51. The van der Waals surface area contributed by atoms with Crippen LogP contribution in [0.25, 0.3) is 11.1 Å². The van der Waals surface area contributed by atoms with Gasteiger partial charge in [-0.05, 0) is 110 Å². The molecule has 3 aromatic rings. The second kappa shape index (κ2) is 12.2. The van der Waals surface area contributed by atoms with Crippen LogP contribution in [0.2, 0.25) is 0 Å². The molecule has 0 spiro atoms. The smallest absolute Gasteiger partial charge is 0.309 e. The Morgan fingerprint density at radius 3 is 2.43 bits per heavy atom. The number of rotatable bonds is 11. The quantitative estimate of drug-likeness (QED) is 0.183. The molecule has 0 aromatic heterocycles. The van der Waals surface area contributed by atoms with Gasteiger partial charge in [0.15, 0.2) is 0 Å². The first-order chi connectivity index (χ1) is 19.9. The van der Waals surface area contributed by atoms with Gasteiger partial charge in [-0.25, -0.2) is 4.39 Å². The number of carbonyl (C=O) groups excluding carboxylic acids is 1. The summed E-state index contributed by atoms with van der Waals surface area (Å²) in [5.74, 6) is 1.25. The Hall–Kier alpha value is -3.23. The fourth-order valence-electron chi connectivity index (χ4n) is 6.30. The first kappa shape index (κ1) is 30.2. The van der Waals surface area contributed by atoms with Crippen LogP contribution in [-0.2, 0) is 30.4 Å². The predicted octanol–water partition coefficient (Wildman–Crippen LogP) is 7.46. The van der Waals surface area contributed by atoms with E-state index in [9.17, 15) is 13.6 Å². The minimum absolute atomic E-state index is 0.0588. The van der Waals surface area contributed by atoms with Gasteiger partial charge in [-0.3, -0.25) is 4.79 Å². The molecule has 42 heavy (non-hydrogen) atoms. The van der Waals surface area contributed by atoms with E-state index in [0.717, 1.165) is 39.8 Å². The molecule has 1 N–H and O–H groups in total. The van der Waals surface area contributed by atoms with Gasteiger partial charge in [0.1, 0.15) is 35.4 Å². The Kier molecular flexibility index (Phi) is 8.76. The maximum absolute atomic E-state index is 15.3. The van der Waals surface area contributed by atoms with Crippen LogP contribution in [0.3, 0.4) is 0 Å².